The first kappa shape index (κ1) is 12.7. The molecule has 84 valence electrons. The van der Waals surface area contributed by atoms with Crippen molar-refractivity contribution in [1.29, 1.82) is 0 Å². The lowest BCUT2D eigenvalue weighted by Gasteiger charge is -2.24. The molecule has 4 heteroatoms. The molecule has 0 heterocycles. The number of halogens is 1. The molecule has 14 heavy (non-hydrogen) atoms. The van der Waals surface area contributed by atoms with Crippen LogP contribution in [-0.2, 0) is 0 Å². The fourth-order valence-corrected chi connectivity index (χ4v) is 3.02. The van der Waals surface area contributed by atoms with Gasteiger partial charge in [-0.1, -0.05) is 22.6 Å². The average molecular weight is 311 g/mol. The van der Waals surface area contributed by atoms with E-state index in [1.165, 1.54) is 6.42 Å². The molecular weight excluding hydrogens is 289 g/mol. The molecule has 0 saturated heterocycles. The molecule has 1 rings (SSSR count). The number of alkyl halides is 1. The van der Waals surface area contributed by atoms with E-state index in [0.717, 1.165) is 32.1 Å². The van der Waals surface area contributed by atoms with Crippen LogP contribution in [0.15, 0.2) is 0 Å². The van der Waals surface area contributed by atoms with Crippen LogP contribution < -0.4 is 17.2 Å². The molecule has 1 aliphatic carbocycles. The Morgan fingerprint density at radius 1 is 0.714 bits per heavy atom. The van der Waals surface area contributed by atoms with Gasteiger partial charge in [-0.3, -0.25) is 0 Å². The van der Waals surface area contributed by atoms with E-state index in [-0.39, 0.29) is 12.1 Å². The Hall–Kier alpha value is 0.610. The quantitative estimate of drug-likeness (QED) is 0.463. The molecule has 4 atom stereocenters. The minimum absolute atomic E-state index is 0.252. The smallest absolute Gasteiger partial charge is 0.0125 e. The second kappa shape index (κ2) is 6.25. The SMILES string of the molecule is NC1CCC(N)CC(I)CCC(N)C1. The first-order chi connectivity index (χ1) is 6.58. The van der Waals surface area contributed by atoms with E-state index < -0.39 is 0 Å². The molecule has 0 radical (unpaired) electrons. The molecular formula is C10H22IN3. The maximum Gasteiger partial charge on any atom is 0.0125 e. The third kappa shape index (κ3) is 4.91. The Bertz CT molecular complexity index is 131. The van der Waals surface area contributed by atoms with E-state index in [0.29, 0.717) is 9.97 Å². The summed E-state index contributed by atoms with van der Waals surface area (Å²) in [5.74, 6) is 0. The lowest BCUT2D eigenvalue weighted by atomic mass is 9.93. The normalized spacial score (nSPS) is 42.0. The summed E-state index contributed by atoms with van der Waals surface area (Å²) in [7, 11) is 0. The molecule has 0 spiro atoms. The molecule has 0 aromatic heterocycles. The van der Waals surface area contributed by atoms with Crippen LogP contribution in [-0.4, -0.2) is 22.1 Å². The average Bonchev–Trinajstić information content (AvgIpc) is 2.11. The maximum atomic E-state index is 6.02. The van der Waals surface area contributed by atoms with Gasteiger partial charge in [0.2, 0.25) is 0 Å². The molecule has 0 aliphatic heterocycles. The predicted molar refractivity (Wildman–Crippen MR) is 69.4 cm³/mol. The van der Waals surface area contributed by atoms with Gasteiger partial charge in [-0.15, -0.1) is 0 Å². The van der Waals surface area contributed by atoms with Crippen LogP contribution in [0.5, 0.6) is 0 Å². The van der Waals surface area contributed by atoms with Gasteiger partial charge in [-0.2, -0.15) is 0 Å². The summed E-state index contributed by atoms with van der Waals surface area (Å²) in [6.07, 6.45) is 6.41. The van der Waals surface area contributed by atoms with Crippen molar-refractivity contribution >= 4 is 22.6 Å². The molecule has 0 bridgehead atoms. The van der Waals surface area contributed by atoms with Crippen molar-refractivity contribution < 1.29 is 0 Å². The van der Waals surface area contributed by atoms with Crippen LogP contribution in [0.4, 0.5) is 0 Å². The van der Waals surface area contributed by atoms with Gasteiger partial charge in [0.15, 0.2) is 0 Å². The maximum absolute atomic E-state index is 6.02. The van der Waals surface area contributed by atoms with Crippen molar-refractivity contribution in [3.63, 3.8) is 0 Å². The minimum Gasteiger partial charge on any atom is -0.328 e. The van der Waals surface area contributed by atoms with E-state index in [1.54, 1.807) is 0 Å². The Kier molecular flexibility index (Phi) is 5.66. The number of nitrogens with two attached hydrogens (primary N) is 3. The molecule has 4 unspecified atom stereocenters. The Labute approximate surface area is 100 Å². The van der Waals surface area contributed by atoms with Gasteiger partial charge in [-0.05, 0) is 38.5 Å². The second-order valence-corrected chi connectivity index (χ2v) is 6.27. The van der Waals surface area contributed by atoms with Gasteiger partial charge in [0, 0.05) is 22.1 Å². The van der Waals surface area contributed by atoms with Crippen LogP contribution in [0.25, 0.3) is 0 Å². The van der Waals surface area contributed by atoms with Gasteiger partial charge >= 0.3 is 0 Å². The van der Waals surface area contributed by atoms with Gasteiger partial charge < -0.3 is 17.2 Å². The topological polar surface area (TPSA) is 78.1 Å². The fraction of sp³-hybridized carbons (Fsp3) is 1.00. The molecule has 0 amide bonds. The summed E-state index contributed by atoms with van der Waals surface area (Å²) in [6, 6.07) is 0.871. The van der Waals surface area contributed by atoms with E-state index in [2.05, 4.69) is 22.6 Å². The number of hydrogen-bond acceptors (Lipinski definition) is 3. The van der Waals surface area contributed by atoms with E-state index in [9.17, 15) is 0 Å². The lowest BCUT2D eigenvalue weighted by Crippen LogP contribution is -2.35. The molecule has 0 aromatic rings. The lowest BCUT2D eigenvalue weighted by molar-refractivity contribution is 0.408. The zero-order valence-electron chi connectivity index (χ0n) is 8.66. The highest BCUT2D eigenvalue weighted by molar-refractivity contribution is 14.1. The van der Waals surface area contributed by atoms with Crippen LogP contribution in [0, 0.1) is 0 Å². The molecule has 0 aromatic carbocycles. The van der Waals surface area contributed by atoms with Gasteiger partial charge in [0.1, 0.15) is 0 Å². The van der Waals surface area contributed by atoms with Crippen molar-refractivity contribution in [1.82, 2.24) is 0 Å². The summed E-state index contributed by atoms with van der Waals surface area (Å²) in [5.41, 5.74) is 18.0. The van der Waals surface area contributed by atoms with Crippen molar-refractivity contribution in [3.05, 3.63) is 0 Å². The second-order valence-electron chi connectivity index (χ2n) is 4.50. The highest BCUT2D eigenvalue weighted by Gasteiger charge is 2.17. The Morgan fingerprint density at radius 3 is 1.71 bits per heavy atom. The van der Waals surface area contributed by atoms with Gasteiger partial charge in [0.05, 0.1) is 0 Å². The highest BCUT2D eigenvalue weighted by Crippen LogP contribution is 2.20. The standard InChI is InChI=1S/C10H22IN3/c11-7-1-2-9(13)6-10(14)4-3-8(12)5-7/h7-10H,1-6,12-14H2. The third-order valence-electron chi connectivity index (χ3n) is 2.92. The summed E-state index contributed by atoms with van der Waals surface area (Å²) in [6.45, 7) is 0. The first-order valence-corrected chi connectivity index (χ1v) is 6.73. The molecule has 1 fully saturated rings. The summed E-state index contributed by atoms with van der Waals surface area (Å²) >= 11 is 2.49. The summed E-state index contributed by atoms with van der Waals surface area (Å²) < 4.78 is 0.683. The third-order valence-corrected chi connectivity index (χ3v) is 4.05. The Balaban J connectivity index is 2.42. The number of rotatable bonds is 0. The largest absolute Gasteiger partial charge is 0.328 e. The minimum atomic E-state index is 0.252. The monoisotopic (exact) mass is 311 g/mol. The molecule has 3 nitrogen and oxygen atoms in total. The highest BCUT2D eigenvalue weighted by atomic mass is 127. The molecule has 1 saturated carbocycles. The van der Waals surface area contributed by atoms with Crippen LogP contribution in [0.2, 0.25) is 0 Å². The summed E-state index contributed by atoms with van der Waals surface area (Å²) in [4.78, 5) is 0. The van der Waals surface area contributed by atoms with Crippen molar-refractivity contribution in [2.75, 3.05) is 0 Å². The zero-order chi connectivity index (χ0) is 10.6. The van der Waals surface area contributed by atoms with Crippen molar-refractivity contribution in [3.8, 4) is 0 Å². The molecule has 1 aliphatic rings. The van der Waals surface area contributed by atoms with Crippen molar-refractivity contribution in [2.45, 2.75) is 60.6 Å². The van der Waals surface area contributed by atoms with E-state index in [4.69, 9.17) is 17.2 Å². The predicted octanol–water partition coefficient (Wildman–Crippen LogP) is 1.13. The van der Waals surface area contributed by atoms with E-state index >= 15 is 0 Å². The zero-order valence-corrected chi connectivity index (χ0v) is 10.8. The fourth-order valence-electron chi connectivity index (χ4n) is 2.01. The first-order valence-electron chi connectivity index (χ1n) is 5.48. The van der Waals surface area contributed by atoms with Gasteiger partial charge in [0.25, 0.3) is 0 Å². The summed E-state index contributed by atoms with van der Waals surface area (Å²) in [5, 5.41) is 0. The van der Waals surface area contributed by atoms with Crippen LogP contribution >= 0.6 is 22.6 Å². The molecule has 6 N–H and O–H groups in total. The Morgan fingerprint density at radius 2 is 1.14 bits per heavy atom. The van der Waals surface area contributed by atoms with Crippen LogP contribution in [0.3, 0.4) is 0 Å². The van der Waals surface area contributed by atoms with E-state index in [1.807, 2.05) is 0 Å². The van der Waals surface area contributed by atoms with Crippen molar-refractivity contribution in [2.24, 2.45) is 17.2 Å². The van der Waals surface area contributed by atoms with Gasteiger partial charge in [-0.25, -0.2) is 0 Å². The number of hydrogen-bond donors (Lipinski definition) is 3. The van der Waals surface area contributed by atoms with Crippen LogP contribution in [0.1, 0.15) is 38.5 Å².